The number of thiophene rings is 2. The number of primary amides is 1. The molecule has 0 spiro atoms. The number of aromatic nitrogens is 2. The first-order valence-electron chi connectivity index (χ1n) is 10.9. The lowest BCUT2D eigenvalue weighted by Crippen LogP contribution is -2.18. The van der Waals surface area contributed by atoms with Crippen molar-refractivity contribution in [2.75, 3.05) is 11.1 Å². The first-order chi connectivity index (χ1) is 16.4. The first-order valence-corrected chi connectivity index (χ1v) is 13.5. The van der Waals surface area contributed by atoms with Gasteiger partial charge in [0.1, 0.15) is 9.83 Å². The molecule has 4 aromatic rings. The van der Waals surface area contributed by atoms with E-state index in [0.717, 1.165) is 51.9 Å². The smallest absolute Gasteiger partial charge is 0.260 e. The zero-order valence-corrected chi connectivity index (χ0v) is 20.8. The first kappa shape index (κ1) is 22.8. The molecule has 1 aromatic carbocycles. The second-order valence-electron chi connectivity index (χ2n) is 8.32. The summed E-state index contributed by atoms with van der Waals surface area (Å²) in [4.78, 5) is 47.6. The van der Waals surface area contributed by atoms with Gasteiger partial charge in [0.15, 0.2) is 5.16 Å². The highest BCUT2D eigenvalue weighted by molar-refractivity contribution is 7.99. The van der Waals surface area contributed by atoms with Crippen molar-refractivity contribution in [3.63, 3.8) is 0 Å². The zero-order chi connectivity index (χ0) is 23.8. The minimum Gasteiger partial charge on any atom is -0.366 e. The summed E-state index contributed by atoms with van der Waals surface area (Å²) in [5, 5.41) is 4.30. The van der Waals surface area contributed by atoms with Crippen molar-refractivity contribution >= 4 is 61.5 Å². The zero-order valence-electron chi connectivity index (χ0n) is 18.3. The van der Waals surface area contributed by atoms with Crippen LogP contribution in [-0.2, 0) is 17.6 Å². The van der Waals surface area contributed by atoms with E-state index in [2.05, 4.69) is 22.2 Å². The number of anilines is 1. The molecule has 3 heterocycles. The molecule has 7 nitrogen and oxygen atoms in total. The van der Waals surface area contributed by atoms with Crippen molar-refractivity contribution in [3.05, 3.63) is 62.8 Å². The maximum atomic E-state index is 12.8. The lowest BCUT2D eigenvalue weighted by atomic mass is 9.89. The number of H-pyrrole nitrogens is 1. The summed E-state index contributed by atoms with van der Waals surface area (Å²) in [6.07, 6.45) is 2.97. The Morgan fingerprint density at radius 3 is 2.82 bits per heavy atom. The van der Waals surface area contributed by atoms with Crippen LogP contribution in [0.4, 0.5) is 5.00 Å². The van der Waals surface area contributed by atoms with Gasteiger partial charge in [-0.25, -0.2) is 4.98 Å². The standard InChI is InChI=1S/C24H22N4O3S3/c1-12-7-8-14-17(9-12)34-23-19(14)21(31)27-24(28-23)32-11-18(29)26-22-15(20(25)30)10-16(33-22)13-5-3-2-4-6-13/h2-6,10,12H,7-9,11H2,1H3,(H2,25,30)(H,26,29)(H,27,28,31). The Hall–Kier alpha value is -2.95. The number of aryl methyl sites for hydroxylation is 1. The summed E-state index contributed by atoms with van der Waals surface area (Å²) in [6, 6.07) is 11.3. The van der Waals surface area contributed by atoms with Crippen LogP contribution in [-0.4, -0.2) is 27.5 Å². The molecule has 4 N–H and O–H groups in total. The van der Waals surface area contributed by atoms with E-state index in [9.17, 15) is 14.4 Å². The number of aromatic amines is 1. The molecule has 0 saturated carbocycles. The van der Waals surface area contributed by atoms with E-state index in [-0.39, 0.29) is 22.8 Å². The SMILES string of the molecule is CC1CCc2c(sc3nc(SCC(=O)Nc4sc(-c5ccccc5)cc4C(N)=O)[nH]c(=O)c23)C1. The van der Waals surface area contributed by atoms with Gasteiger partial charge in [-0.2, -0.15) is 0 Å². The van der Waals surface area contributed by atoms with Crippen molar-refractivity contribution in [1.29, 1.82) is 0 Å². The van der Waals surface area contributed by atoms with Gasteiger partial charge >= 0.3 is 0 Å². The molecule has 1 aliphatic carbocycles. The number of nitrogens with zero attached hydrogens (tertiary/aromatic N) is 1. The Labute approximate surface area is 207 Å². The Kier molecular flexibility index (Phi) is 6.28. The fourth-order valence-electron chi connectivity index (χ4n) is 4.11. The Balaban J connectivity index is 1.32. The second-order valence-corrected chi connectivity index (χ2v) is 11.4. The molecule has 1 unspecified atom stereocenters. The lowest BCUT2D eigenvalue weighted by molar-refractivity contribution is -0.113. The van der Waals surface area contributed by atoms with Gasteiger partial charge in [0.2, 0.25) is 5.91 Å². The highest BCUT2D eigenvalue weighted by Gasteiger charge is 2.23. The summed E-state index contributed by atoms with van der Waals surface area (Å²) >= 11 is 4.03. The molecule has 0 aliphatic heterocycles. The molecule has 2 amide bonds. The van der Waals surface area contributed by atoms with Gasteiger partial charge in [-0.05, 0) is 42.4 Å². The third-order valence-electron chi connectivity index (χ3n) is 5.79. The Morgan fingerprint density at radius 1 is 1.26 bits per heavy atom. The molecule has 10 heteroatoms. The van der Waals surface area contributed by atoms with Gasteiger partial charge in [0.05, 0.1) is 16.7 Å². The number of hydrogen-bond donors (Lipinski definition) is 3. The van der Waals surface area contributed by atoms with Crippen molar-refractivity contribution in [2.45, 2.75) is 31.3 Å². The maximum Gasteiger partial charge on any atom is 0.260 e. The minimum atomic E-state index is -0.603. The molecule has 0 fully saturated rings. The van der Waals surface area contributed by atoms with Gasteiger partial charge in [0, 0.05) is 9.75 Å². The largest absolute Gasteiger partial charge is 0.366 e. The molecule has 0 saturated heterocycles. The third-order valence-corrected chi connectivity index (χ3v) is 8.91. The molecule has 1 atom stereocenters. The fourth-order valence-corrected chi connectivity index (χ4v) is 7.29. The Bertz CT molecular complexity index is 1460. The molecule has 5 rings (SSSR count). The summed E-state index contributed by atoms with van der Waals surface area (Å²) in [5.74, 6) is -0.264. The third kappa shape index (κ3) is 4.53. The van der Waals surface area contributed by atoms with Crippen molar-refractivity contribution in [2.24, 2.45) is 11.7 Å². The predicted molar refractivity (Wildman–Crippen MR) is 139 cm³/mol. The summed E-state index contributed by atoms with van der Waals surface area (Å²) < 4.78 is 0. The van der Waals surface area contributed by atoms with Crippen LogP contribution in [0.5, 0.6) is 0 Å². The number of amides is 2. The average molecular weight is 511 g/mol. The number of benzene rings is 1. The van der Waals surface area contributed by atoms with Crippen molar-refractivity contribution in [3.8, 4) is 10.4 Å². The van der Waals surface area contributed by atoms with Crippen LogP contribution in [0.3, 0.4) is 0 Å². The molecule has 0 radical (unpaired) electrons. The van der Waals surface area contributed by atoms with E-state index in [4.69, 9.17) is 5.73 Å². The average Bonchev–Trinajstić information content (AvgIpc) is 3.39. The number of nitrogens with one attached hydrogen (secondary N) is 2. The summed E-state index contributed by atoms with van der Waals surface area (Å²) in [6.45, 7) is 2.23. The number of thioether (sulfide) groups is 1. The number of carbonyl (C=O) groups is 2. The van der Waals surface area contributed by atoms with E-state index in [1.807, 2.05) is 30.3 Å². The molecular formula is C24H22N4O3S3. The quantitative estimate of drug-likeness (QED) is 0.257. The molecule has 174 valence electrons. The van der Waals surface area contributed by atoms with Gasteiger partial charge in [-0.1, -0.05) is 49.0 Å². The van der Waals surface area contributed by atoms with Crippen LogP contribution in [0.1, 0.15) is 34.1 Å². The van der Waals surface area contributed by atoms with Crippen LogP contribution in [0.2, 0.25) is 0 Å². The van der Waals surface area contributed by atoms with Crippen LogP contribution in [0, 0.1) is 5.92 Å². The molecule has 0 bridgehead atoms. The van der Waals surface area contributed by atoms with E-state index in [0.29, 0.717) is 21.5 Å². The predicted octanol–water partition coefficient (Wildman–Crippen LogP) is 4.67. The Morgan fingerprint density at radius 2 is 2.06 bits per heavy atom. The van der Waals surface area contributed by atoms with Crippen LogP contribution in [0.15, 0.2) is 46.3 Å². The number of rotatable bonds is 6. The number of nitrogens with two attached hydrogens (primary N) is 1. The normalized spacial score (nSPS) is 15.3. The monoisotopic (exact) mass is 510 g/mol. The lowest BCUT2D eigenvalue weighted by Gasteiger charge is -2.17. The van der Waals surface area contributed by atoms with E-state index < -0.39 is 5.91 Å². The van der Waals surface area contributed by atoms with Crippen LogP contribution >= 0.6 is 34.4 Å². The number of fused-ring (bicyclic) bond motifs is 3. The van der Waals surface area contributed by atoms with Crippen LogP contribution < -0.4 is 16.6 Å². The van der Waals surface area contributed by atoms with Gasteiger partial charge in [0.25, 0.3) is 11.5 Å². The topological polar surface area (TPSA) is 118 Å². The minimum absolute atomic E-state index is 0.0351. The van der Waals surface area contributed by atoms with Crippen LogP contribution in [0.25, 0.3) is 20.7 Å². The number of carbonyl (C=O) groups excluding carboxylic acids is 2. The van der Waals surface area contributed by atoms with Gasteiger partial charge < -0.3 is 16.0 Å². The fraction of sp³-hybridized carbons (Fsp3) is 0.250. The summed E-state index contributed by atoms with van der Waals surface area (Å²) in [7, 11) is 0. The maximum absolute atomic E-state index is 12.8. The number of hydrogen-bond acceptors (Lipinski definition) is 7. The van der Waals surface area contributed by atoms with E-state index in [1.165, 1.54) is 16.2 Å². The molecule has 34 heavy (non-hydrogen) atoms. The molecule has 3 aromatic heterocycles. The molecule has 1 aliphatic rings. The van der Waals surface area contributed by atoms with Crippen molar-refractivity contribution < 1.29 is 9.59 Å². The van der Waals surface area contributed by atoms with E-state index >= 15 is 0 Å². The summed E-state index contributed by atoms with van der Waals surface area (Å²) in [5.41, 5.74) is 7.72. The van der Waals surface area contributed by atoms with Gasteiger partial charge in [-0.15, -0.1) is 22.7 Å². The van der Waals surface area contributed by atoms with Gasteiger partial charge in [-0.3, -0.25) is 14.4 Å². The molecular weight excluding hydrogens is 488 g/mol. The van der Waals surface area contributed by atoms with Crippen molar-refractivity contribution in [1.82, 2.24) is 9.97 Å². The second kappa shape index (κ2) is 9.36. The highest BCUT2D eigenvalue weighted by Crippen LogP contribution is 2.37. The highest BCUT2D eigenvalue weighted by atomic mass is 32.2. The van der Waals surface area contributed by atoms with E-state index in [1.54, 1.807) is 17.4 Å².